The summed E-state index contributed by atoms with van der Waals surface area (Å²) in [7, 11) is 1.62. The van der Waals surface area contributed by atoms with Crippen LogP contribution in [0.5, 0.6) is 5.88 Å². The number of pyridine rings is 1. The average Bonchev–Trinajstić information content (AvgIpc) is 2.92. The molecule has 0 bridgehead atoms. The Bertz CT molecular complexity index is 487. The van der Waals surface area contributed by atoms with Crippen molar-refractivity contribution in [2.45, 2.75) is 45.6 Å². The summed E-state index contributed by atoms with van der Waals surface area (Å²) >= 11 is 0. The van der Waals surface area contributed by atoms with E-state index in [2.05, 4.69) is 18.8 Å². The molecule has 2 rings (SSSR count). The molecule has 1 aromatic rings. The Balaban J connectivity index is 2.06. The lowest BCUT2D eigenvalue weighted by molar-refractivity contribution is -0.129. The lowest BCUT2D eigenvalue weighted by Crippen LogP contribution is -2.29. The van der Waals surface area contributed by atoms with Crippen LogP contribution in [0.25, 0.3) is 0 Å². The minimum Gasteiger partial charge on any atom is -0.481 e. The Morgan fingerprint density at radius 3 is 2.82 bits per heavy atom. The third-order valence-electron chi connectivity index (χ3n) is 4.15. The van der Waals surface area contributed by atoms with Gasteiger partial charge in [-0.05, 0) is 17.9 Å². The van der Waals surface area contributed by atoms with E-state index in [0.717, 1.165) is 18.5 Å². The number of unbranched alkanes of at least 4 members (excludes halogenated alkanes) is 1. The summed E-state index contributed by atoms with van der Waals surface area (Å²) in [5.41, 5.74) is 6.94. The Hall–Kier alpha value is -1.75. The maximum Gasteiger partial charge on any atom is 0.212 e. The number of methoxy groups -OCH3 is 1. The van der Waals surface area contributed by atoms with Crippen molar-refractivity contribution in [3.8, 4) is 5.88 Å². The second-order valence-corrected chi connectivity index (χ2v) is 5.76. The number of hydrogen-bond donors (Lipinski definition) is 1. The van der Waals surface area contributed by atoms with Crippen molar-refractivity contribution in [2.75, 3.05) is 13.7 Å². The molecule has 0 aliphatic carbocycles. The maximum atomic E-state index is 5.88. The zero-order valence-corrected chi connectivity index (χ0v) is 13.8. The molecule has 5 nitrogen and oxygen atoms in total. The molecule has 0 radical (unpaired) electrons. The Kier molecular flexibility index (Phi) is 6.07. The van der Waals surface area contributed by atoms with E-state index in [9.17, 15) is 0 Å². The van der Waals surface area contributed by atoms with Crippen molar-refractivity contribution in [3.63, 3.8) is 0 Å². The van der Waals surface area contributed by atoms with Crippen molar-refractivity contribution >= 4 is 0 Å². The van der Waals surface area contributed by atoms with Gasteiger partial charge in [0.2, 0.25) is 11.8 Å². The molecule has 2 N–H and O–H groups in total. The lowest BCUT2D eigenvalue weighted by atomic mass is 9.98. The van der Waals surface area contributed by atoms with Gasteiger partial charge in [0.05, 0.1) is 13.2 Å². The Morgan fingerprint density at radius 1 is 1.41 bits per heavy atom. The molecule has 2 heterocycles. The SMILES string of the molecule is CCCCC(CC)CN1OC(N)=CC1c1ccc(OC)nc1. The van der Waals surface area contributed by atoms with Crippen molar-refractivity contribution in [3.05, 3.63) is 35.9 Å². The molecule has 2 atom stereocenters. The van der Waals surface area contributed by atoms with Gasteiger partial charge in [0.15, 0.2) is 0 Å². The highest BCUT2D eigenvalue weighted by Crippen LogP contribution is 2.31. The number of nitrogens with two attached hydrogens (primary N) is 1. The summed E-state index contributed by atoms with van der Waals surface area (Å²) in [5.74, 6) is 1.69. The molecule has 0 amide bonds. The smallest absolute Gasteiger partial charge is 0.212 e. The van der Waals surface area contributed by atoms with Crippen LogP contribution in [-0.2, 0) is 4.84 Å². The molecule has 0 saturated heterocycles. The summed E-state index contributed by atoms with van der Waals surface area (Å²) in [6.07, 6.45) is 8.61. The molecule has 2 unspecified atom stereocenters. The van der Waals surface area contributed by atoms with Gasteiger partial charge in [-0.25, -0.2) is 4.98 Å². The number of hydrogen-bond acceptors (Lipinski definition) is 5. The Labute approximate surface area is 133 Å². The van der Waals surface area contributed by atoms with E-state index in [0.29, 0.717) is 17.7 Å². The fourth-order valence-corrected chi connectivity index (χ4v) is 2.73. The largest absolute Gasteiger partial charge is 0.481 e. The van der Waals surface area contributed by atoms with Gasteiger partial charge < -0.3 is 15.3 Å². The van der Waals surface area contributed by atoms with E-state index in [4.69, 9.17) is 15.3 Å². The normalized spacial score (nSPS) is 19.6. The predicted octanol–water partition coefficient (Wildman–Crippen LogP) is 3.40. The first-order valence-corrected chi connectivity index (χ1v) is 8.09. The zero-order valence-electron chi connectivity index (χ0n) is 13.8. The first-order chi connectivity index (χ1) is 10.7. The van der Waals surface area contributed by atoms with Crippen LogP contribution in [0.1, 0.15) is 51.1 Å². The average molecular weight is 305 g/mol. The van der Waals surface area contributed by atoms with Crippen molar-refractivity contribution in [1.82, 2.24) is 10.0 Å². The van der Waals surface area contributed by atoms with Crippen molar-refractivity contribution in [2.24, 2.45) is 11.7 Å². The van der Waals surface area contributed by atoms with Crippen LogP contribution in [0.2, 0.25) is 0 Å². The number of aromatic nitrogens is 1. The number of hydroxylamine groups is 2. The summed E-state index contributed by atoms with van der Waals surface area (Å²) in [4.78, 5) is 9.99. The first kappa shape index (κ1) is 16.6. The van der Waals surface area contributed by atoms with E-state index in [1.165, 1.54) is 19.3 Å². The van der Waals surface area contributed by atoms with Gasteiger partial charge >= 0.3 is 0 Å². The molecule has 0 fully saturated rings. The van der Waals surface area contributed by atoms with E-state index in [-0.39, 0.29) is 6.04 Å². The van der Waals surface area contributed by atoms with Crippen molar-refractivity contribution < 1.29 is 9.57 Å². The highest BCUT2D eigenvalue weighted by atomic mass is 16.7. The molecule has 5 heteroatoms. The van der Waals surface area contributed by atoms with E-state index in [1.54, 1.807) is 7.11 Å². The monoisotopic (exact) mass is 305 g/mol. The third kappa shape index (κ3) is 4.13. The standard InChI is InChI=1S/C17H27N3O2/c1-4-6-7-13(5-2)12-20-15(10-16(18)22-20)14-8-9-17(21-3)19-11-14/h8-11,13,15H,4-7,12,18H2,1-3H3. The molecule has 0 spiro atoms. The predicted molar refractivity (Wildman–Crippen MR) is 86.9 cm³/mol. The van der Waals surface area contributed by atoms with Gasteiger partial charge in [-0.3, -0.25) is 0 Å². The van der Waals surface area contributed by atoms with E-state index >= 15 is 0 Å². The van der Waals surface area contributed by atoms with Crippen molar-refractivity contribution in [1.29, 1.82) is 0 Å². The zero-order chi connectivity index (χ0) is 15.9. The first-order valence-electron chi connectivity index (χ1n) is 8.09. The molecular weight excluding hydrogens is 278 g/mol. The molecular formula is C17H27N3O2. The second-order valence-electron chi connectivity index (χ2n) is 5.76. The minimum atomic E-state index is 0.0223. The molecule has 1 aliphatic heterocycles. The highest BCUT2D eigenvalue weighted by molar-refractivity contribution is 5.25. The molecule has 0 aromatic carbocycles. The summed E-state index contributed by atoms with van der Waals surface area (Å²) in [6.45, 7) is 5.34. The third-order valence-corrected chi connectivity index (χ3v) is 4.15. The fraction of sp³-hybridized carbons (Fsp3) is 0.588. The Morgan fingerprint density at radius 2 is 2.23 bits per heavy atom. The van der Waals surface area contributed by atoms with Gasteiger partial charge in [0, 0.05) is 24.9 Å². The summed E-state index contributed by atoms with van der Waals surface area (Å²) in [5, 5.41) is 1.97. The molecule has 1 aromatic heterocycles. The van der Waals surface area contributed by atoms with Gasteiger partial charge in [-0.2, -0.15) is 0 Å². The fourth-order valence-electron chi connectivity index (χ4n) is 2.73. The maximum absolute atomic E-state index is 5.88. The summed E-state index contributed by atoms with van der Waals surface area (Å²) in [6, 6.07) is 3.90. The number of nitrogens with zero attached hydrogens (tertiary/aromatic N) is 2. The van der Waals surface area contributed by atoms with Gasteiger partial charge in [0.25, 0.3) is 0 Å². The number of ether oxygens (including phenoxy) is 1. The van der Waals surface area contributed by atoms with Gasteiger partial charge in [-0.1, -0.05) is 39.2 Å². The van der Waals surface area contributed by atoms with Crippen LogP contribution in [-0.4, -0.2) is 23.7 Å². The van der Waals surface area contributed by atoms with Crippen LogP contribution in [0, 0.1) is 5.92 Å². The van der Waals surface area contributed by atoms with E-state index < -0.39 is 0 Å². The van der Waals surface area contributed by atoms with Crippen LogP contribution < -0.4 is 10.5 Å². The lowest BCUT2D eigenvalue weighted by Gasteiger charge is -2.27. The quantitative estimate of drug-likeness (QED) is 0.797. The van der Waals surface area contributed by atoms with Gasteiger partial charge in [0.1, 0.15) is 0 Å². The summed E-state index contributed by atoms with van der Waals surface area (Å²) < 4.78 is 5.11. The topological polar surface area (TPSA) is 60.6 Å². The second kappa shape index (κ2) is 8.03. The van der Waals surface area contributed by atoms with Gasteiger partial charge in [-0.15, -0.1) is 5.06 Å². The van der Waals surface area contributed by atoms with E-state index in [1.807, 2.05) is 29.5 Å². The molecule has 122 valence electrons. The van der Waals surface area contributed by atoms with Crippen LogP contribution in [0.15, 0.2) is 30.3 Å². The molecule has 1 aliphatic rings. The highest BCUT2D eigenvalue weighted by Gasteiger charge is 2.29. The number of rotatable bonds is 8. The van der Waals surface area contributed by atoms with Crippen LogP contribution in [0.4, 0.5) is 0 Å². The van der Waals surface area contributed by atoms with Crippen LogP contribution in [0.3, 0.4) is 0 Å². The molecule has 22 heavy (non-hydrogen) atoms. The van der Waals surface area contributed by atoms with Crippen LogP contribution >= 0.6 is 0 Å². The molecule has 0 saturated carbocycles. The minimum absolute atomic E-state index is 0.0223.